The van der Waals surface area contributed by atoms with Crippen LogP contribution in [0.25, 0.3) is 0 Å². The number of hydrogen-bond acceptors (Lipinski definition) is 3. The summed E-state index contributed by atoms with van der Waals surface area (Å²) in [7, 11) is 0. The van der Waals surface area contributed by atoms with Gasteiger partial charge in [-0.2, -0.15) is 0 Å². The van der Waals surface area contributed by atoms with E-state index in [1.54, 1.807) is 0 Å². The lowest BCUT2D eigenvalue weighted by Gasteiger charge is -2.18. The molecule has 4 heteroatoms. The second-order valence-electron chi connectivity index (χ2n) is 4.91. The van der Waals surface area contributed by atoms with E-state index < -0.39 is 0 Å². The molecule has 19 heavy (non-hydrogen) atoms. The molecule has 0 aliphatic heterocycles. The molecule has 2 rings (SSSR count). The van der Waals surface area contributed by atoms with Crippen LogP contribution in [-0.4, -0.2) is 21.3 Å². The highest BCUT2D eigenvalue weighted by molar-refractivity contribution is 5.19. The summed E-state index contributed by atoms with van der Waals surface area (Å²) in [5.74, 6) is 0. The lowest BCUT2D eigenvalue weighted by molar-refractivity contribution is 0.242. The molecule has 0 spiro atoms. The number of nitrogens with zero attached hydrogens (tertiary/aromatic N) is 2. The predicted molar refractivity (Wildman–Crippen MR) is 75.7 cm³/mol. The molecule has 0 amide bonds. The standard InChI is InChI=1S/C15H21N3O/c1-12(2)18-11-16-8-14(18)9-17-15(10-19)13-6-4-3-5-7-13/h3-8,11-12,15,17,19H,9-10H2,1-2H3/t15-/m1/s1. The van der Waals surface area contributed by atoms with E-state index in [2.05, 4.69) is 28.7 Å². The smallest absolute Gasteiger partial charge is 0.0951 e. The van der Waals surface area contributed by atoms with Crippen molar-refractivity contribution in [2.75, 3.05) is 6.61 Å². The van der Waals surface area contributed by atoms with Crippen molar-refractivity contribution in [2.45, 2.75) is 32.5 Å². The van der Waals surface area contributed by atoms with Gasteiger partial charge in [0.15, 0.2) is 0 Å². The molecule has 1 aromatic heterocycles. The summed E-state index contributed by atoms with van der Waals surface area (Å²) < 4.78 is 2.13. The van der Waals surface area contributed by atoms with Gasteiger partial charge in [0.2, 0.25) is 0 Å². The van der Waals surface area contributed by atoms with Crippen molar-refractivity contribution >= 4 is 0 Å². The Labute approximate surface area is 114 Å². The summed E-state index contributed by atoms with van der Waals surface area (Å²) in [6.07, 6.45) is 3.71. The normalized spacial score (nSPS) is 12.8. The number of hydrogen-bond donors (Lipinski definition) is 2. The number of imidazole rings is 1. The van der Waals surface area contributed by atoms with E-state index in [4.69, 9.17) is 0 Å². The fourth-order valence-electron chi connectivity index (χ4n) is 2.13. The molecule has 1 heterocycles. The van der Waals surface area contributed by atoms with Crippen molar-refractivity contribution in [3.63, 3.8) is 0 Å². The van der Waals surface area contributed by atoms with E-state index in [9.17, 15) is 5.11 Å². The van der Waals surface area contributed by atoms with Crippen LogP contribution in [0, 0.1) is 0 Å². The van der Waals surface area contributed by atoms with Crippen LogP contribution in [0.4, 0.5) is 0 Å². The Hall–Kier alpha value is -1.65. The van der Waals surface area contributed by atoms with Crippen molar-refractivity contribution < 1.29 is 5.11 Å². The van der Waals surface area contributed by atoms with Crippen molar-refractivity contribution in [3.8, 4) is 0 Å². The molecule has 0 fully saturated rings. The van der Waals surface area contributed by atoms with Gasteiger partial charge < -0.3 is 15.0 Å². The van der Waals surface area contributed by atoms with Crippen molar-refractivity contribution in [1.29, 1.82) is 0 Å². The van der Waals surface area contributed by atoms with Crippen molar-refractivity contribution in [1.82, 2.24) is 14.9 Å². The molecular weight excluding hydrogens is 238 g/mol. The lowest BCUT2D eigenvalue weighted by Crippen LogP contribution is -2.25. The van der Waals surface area contributed by atoms with E-state index in [-0.39, 0.29) is 12.6 Å². The second kappa shape index (κ2) is 6.50. The molecule has 4 nitrogen and oxygen atoms in total. The molecule has 0 bridgehead atoms. The largest absolute Gasteiger partial charge is 0.394 e. The van der Waals surface area contributed by atoms with Crippen LogP contribution in [0.5, 0.6) is 0 Å². The molecule has 0 radical (unpaired) electrons. The summed E-state index contributed by atoms with van der Waals surface area (Å²) in [4.78, 5) is 4.18. The summed E-state index contributed by atoms with van der Waals surface area (Å²) >= 11 is 0. The van der Waals surface area contributed by atoms with Gasteiger partial charge in [-0.15, -0.1) is 0 Å². The molecule has 2 aromatic rings. The predicted octanol–water partition coefficient (Wildman–Crippen LogP) is 2.29. The molecule has 1 aromatic carbocycles. The third-order valence-electron chi connectivity index (χ3n) is 3.22. The number of aliphatic hydroxyl groups is 1. The zero-order valence-corrected chi connectivity index (χ0v) is 11.5. The lowest BCUT2D eigenvalue weighted by atomic mass is 10.1. The number of nitrogens with one attached hydrogen (secondary N) is 1. The van der Waals surface area contributed by atoms with E-state index in [1.165, 1.54) is 0 Å². The maximum Gasteiger partial charge on any atom is 0.0951 e. The maximum atomic E-state index is 9.50. The fourth-order valence-corrected chi connectivity index (χ4v) is 2.13. The number of rotatable bonds is 6. The average molecular weight is 259 g/mol. The van der Waals surface area contributed by atoms with Gasteiger partial charge >= 0.3 is 0 Å². The minimum atomic E-state index is -0.0447. The Balaban J connectivity index is 2.02. The van der Waals surface area contributed by atoms with Gasteiger partial charge in [0, 0.05) is 18.8 Å². The first kappa shape index (κ1) is 13.8. The Morgan fingerprint density at radius 2 is 2.00 bits per heavy atom. The molecule has 0 unspecified atom stereocenters. The summed E-state index contributed by atoms with van der Waals surface area (Å²) in [6, 6.07) is 10.3. The van der Waals surface area contributed by atoms with Gasteiger partial charge in [-0.05, 0) is 19.4 Å². The number of benzene rings is 1. The minimum Gasteiger partial charge on any atom is -0.394 e. The van der Waals surface area contributed by atoms with Crippen LogP contribution >= 0.6 is 0 Å². The molecule has 102 valence electrons. The topological polar surface area (TPSA) is 50.1 Å². The minimum absolute atomic E-state index is 0.0447. The molecular formula is C15H21N3O. The second-order valence-corrected chi connectivity index (χ2v) is 4.91. The first-order chi connectivity index (χ1) is 9.22. The number of aromatic nitrogens is 2. The van der Waals surface area contributed by atoms with Gasteiger partial charge in [0.05, 0.1) is 24.7 Å². The van der Waals surface area contributed by atoms with Crippen LogP contribution in [0.2, 0.25) is 0 Å². The monoisotopic (exact) mass is 259 g/mol. The molecule has 0 saturated carbocycles. The Morgan fingerprint density at radius 3 is 2.63 bits per heavy atom. The van der Waals surface area contributed by atoms with Crippen LogP contribution in [-0.2, 0) is 6.54 Å². The van der Waals surface area contributed by atoms with Crippen LogP contribution in [0.15, 0.2) is 42.9 Å². The zero-order valence-electron chi connectivity index (χ0n) is 11.5. The van der Waals surface area contributed by atoms with Gasteiger partial charge in [-0.3, -0.25) is 0 Å². The number of aliphatic hydroxyl groups excluding tert-OH is 1. The van der Waals surface area contributed by atoms with Gasteiger partial charge in [0.25, 0.3) is 0 Å². The first-order valence-corrected chi connectivity index (χ1v) is 6.62. The molecule has 0 aliphatic carbocycles. The summed E-state index contributed by atoms with van der Waals surface area (Å²) in [5.41, 5.74) is 2.23. The van der Waals surface area contributed by atoms with Crippen LogP contribution < -0.4 is 5.32 Å². The third kappa shape index (κ3) is 3.43. The molecule has 0 saturated heterocycles. The van der Waals surface area contributed by atoms with Gasteiger partial charge in [-0.1, -0.05) is 30.3 Å². The molecule has 1 atom stereocenters. The van der Waals surface area contributed by atoms with E-state index in [1.807, 2.05) is 42.9 Å². The van der Waals surface area contributed by atoms with Crippen molar-refractivity contribution in [3.05, 3.63) is 54.1 Å². The SMILES string of the molecule is CC(C)n1cncc1CN[C@H](CO)c1ccccc1. The van der Waals surface area contributed by atoms with Crippen LogP contribution in [0.1, 0.15) is 37.2 Å². The highest BCUT2D eigenvalue weighted by Crippen LogP contribution is 2.14. The quantitative estimate of drug-likeness (QED) is 0.837. The van der Waals surface area contributed by atoms with Crippen molar-refractivity contribution in [2.24, 2.45) is 0 Å². The zero-order chi connectivity index (χ0) is 13.7. The van der Waals surface area contributed by atoms with E-state index in [0.717, 1.165) is 11.3 Å². The van der Waals surface area contributed by atoms with Crippen LogP contribution in [0.3, 0.4) is 0 Å². The first-order valence-electron chi connectivity index (χ1n) is 6.62. The Morgan fingerprint density at radius 1 is 1.26 bits per heavy atom. The Bertz CT molecular complexity index is 493. The summed E-state index contributed by atoms with van der Waals surface area (Å²) in [5, 5.41) is 12.9. The van der Waals surface area contributed by atoms with Gasteiger partial charge in [-0.25, -0.2) is 4.98 Å². The van der Waals surface area contributed by atoms with Gasteiger partial charge in [0.1, 0.15) is 0 Å². The Kier molecular flexibility index (Phi) is 4.71. The average Bonchev–Trinajstić information content (AvgIpc) is 2.89. The summed E-state index contributed by atoms with van der Waals surface area (Å²) in [6.45, 7) is 5.04. The maximum absolute atomic E-state index is 9.50. The van der Waals surface area contributed by atoms with E-state index >= 15 is 0 Å². The van der Waals surface area contributed by atoms with E-state index in [0.29, 0.717) is 12.6 Å². The fraction of sp³-hybridized carbons (Fsp3) is 0.400. The highest BCUT2D eigenvalue weighted by atomic mass is 16.3. The highest BCUT2D eigenvalue weighted by Gasteiger charge is 2.11. The molecule has 2 N–H and O–H groups in total. The third-order valence-corrected chi connectivity index (χ3v) is 3.22. The molecule has 0 aliphatic rings.